The maximum atomic E-state index is 8.90. The molecule has 1 saturated heterocycles. The number of nitrogens with zero attached hydrogens (tertiary/aromatic N) is 4. The van der Waals surface area contributed by atoms with E-state index in [4.69, 9.17) is 29.5 Å². The van der Waals surface area contributed by atoms with Crippen molar-refractivity contribution in [1.29, 1.82) is 10.5 Å². The van der Waals surface area contributed by atoms with Gasteiger partial charge in [-0.05, 0) is 29.8 Å². The molecule has 2 aromatic rings. The van der Waals surface area contributed by atoms with E-state index in [0.717, 1.165) is 36.8 Å². The average molecular weight is 449 g/mol. The van der Waals surface area contributed by atoms with E-state index < -0.39 is 0 Å². The van der Waals surface area contributed by atoms with E-state index in [-0.39, 0.29) is 12.9 Å². The average Bonchev–Trinajstić information content (AvgIpc) is 3.32. The summed E-state index contributed by atoms with van der Waals surface area (Å²) in [6.45, 7) is 5.16. The summed E-state index contributed by atoms with van der Waals surface area (Å²) < 4.78 is 22.6. The molecule has 0 saturated carbocycles. The third kappa shape index (κ3) is 6.29. The maximum Gasteiger partial charge on any atom is 0.231 e. The first kappa shape index (κ1) is 22.7. The van der Waals surface area contributed by atoms with Crippen LogP contribution in [-0.4, -0.2) is 57.2 Å². The lowest BCUT2D eigenvalue weighted by atomic mass is 10.1. The van der Waals surface area contributed by atoms with E-state index >= 15 is 0 Å². The smallest absolute Gasteiger partial charge is 0.231 e. The number of rotatable bonds is 10. The zero-order valence-corrected chi connectivity index (χ0v) is 18.6. The number of morpholine rings is 1. The molecular formula is C25H28N4O4. The molecule has 0 aliphatic carbocycles. The SMILES string of the molecule is N#CCCN(CCC#N)c1ccc(CN2CCOC(COc3ccc4c(c3)OCO4)C2)cc1. The molecule has 0 amide bonds. The van der Waals surface area contributed by atoms with Crippen LogP contribution in [0.4, 0.5) is 5.69 Å². The molecule has 1 fully saturated rings. The lowest BCUT2D eigenvalue weighted by Gasteiger charge is -2.33. The van der Waals surface area contributed by atoms with Crippen molar-refractivity contribution in [2.24, 2.45) is 0 Å². The van der Waals surface area contributed by atoms with Crippen LogP contribution in [0.15, 0.2) is 42.5 Å². The Morgan fingerprint density at radius 1 is 1.00 bits per heavy atom. The maximum absolute atomic E-state index is 8.90. The van der Waals surface area contributed by atoms with E-state index in [9.17, 15) is 0 Å². The first-order valence-corrected chi connectivity index (χ1v) is 11.2. The van der Waals surface area contributed by atoms with Crippen LogP contribution in [0, 0.1) is 22.7 Å². The summed E-state index contributed by atoms with van der Waals surface area (Å²) in [6, 6.07) is 18.3. The number of fused-ring (bicyclic) bond motifs is 1. The van der Waals surface area contributed by atoms with Gasteiger partial charge in [-0.1, -0.05) is 12.1 Å². The van der Waals surface area contributed by atoms with Gasteiger partial charge in [0.15, 0.2) is 11.5 Å². The standard InChI is InChI=1S/C25H28N4O4/c26-9-1-11-29(12-2-10-27)21-5-3-20(4-6-21)16-28-13-14-30-23(17-28)18-31-22-7-8-24-25(15-22)33-19-32-24/h3-8,15,23H,1-2,11-14,16-19H2. The Kier molecular flexibility index (Phi) is 7.86. The number of anilines is 1. The molecule has 0 bridgehead atoms. The first-order chi connectivity index (χ1) is 16.2. The van der Waals surface area contributed by atoms with Gasteiger partial charge in [-0.15, -0.1) is 0 Å². The van der Waals surface area contributed by atoms with Crippen molar-refractivity contribution in [3.8, 4) is 29.4 Å². The van der Waals surface area contributed by atoms with Crippen molar-refractivity contribution in [2.45, 2.75) is 25.5 Å². The second kappa shape index (κ2) is 11.4. The predicted molar refractivity (Wildman–Crippen MR) is 122 cm³/mol. The van der Waals surface area contributed by atoms with Crippen LogP contribution < -0.4 is 19.1 Å². The van der Waals surface area contributed by atoms with Crippen molar-refractivity contribution in [2.75, 3.05) is 51.1 Å². The summed E-state index contributed by atoms with van der Waals surface area (Å²) in [4.78, 5) is 4.46. The van der Waals surface area contributed by atoms with Gasteiger partial charge in [0.05, 0.1) is 31.6 Å². The van der Waals surface area contributed by atoms with Gasteiger partial charge in [-0.3, -0.25) is 4.90 Å². The first-order valence-electron chi connectivity index (χ1n) is 11.2. The Labute approximate surface area is 194 Å². The molecule has 8 nitrogen and oxygen atoms in total. The molecule has 1 atom stereocenters. The molecule has 0 N–H and O–H groups in total. The summed E-state index contributed by atoms with van der Waals surface area (Å²) in [5, 5.41) is 17.8. The van der Waals surface area contributed by atoms with Crippen LogP contribution >= 0.6 is 0 Å². The second-order valence-corrected chi connectivity index (χ2v) is 8.02. The fraction of sp³-hybridized carbons (Fsp3) is 0.440. The summed E-state index contributed by atoms with van der Waals surface area (Å²) in [5.74, 6) is 2.19. The van der Waals surface area contributed by atoms with E-state index in [1.165, 1.54) is 5.56 Å². The molecule has 172 valence electrons. The molecule has 0 aromatic heterocycles. The highest BCUT2D eigenvalue weighted by Gasteiger charge is 2.22. The third-order valence-electron chi connectivity index (χ3n) is 5.70. The highest BCUT2D eigenvalue weighted by Crippen LogP contribution is 2.35. The van der Waals surface area contributed by atoms with Crippen molar-refractivity contribution in [3.63, 3.8) is 0 Å². The molecule has 2 aliphatic heterocycles. The summed E-state index contributed by atoms with van der Waals surface area (Å²) in [6.07, 6.45) is 0.878. The fourth-order valence-electron chi connectivity index (χ4n) is 3.99. The molecule has 2 heterocycles. The summed E-state index contributed by atoms with van der Waals surface area (Å²) in [5.41, 5.74) is 2.26. The van der Waals surface area contributed by atoms with E-state index in [1.54, 1.807) is 0 Å². The molecule has 0 radical (unpaired) electrons. The lowest BCUT2D eigenvalue weighted by molar-refractivity contribution is -0.0504. The topological polar surface area (TPSA) is 91.0 Å². The van der Waals surface area contributed by atoms with Crippen LogP contribution in [0.2, 0.25) is 0 Å². The molecule has 8 heteroatoms. The molecule has 2 aliphatic rings. The van der Waals surface area contributed by atoms with Crippen molar-refractivity contribution >= 4 is 5.69 Å². The minimum atomic E-state index is -0.00380. The predicted octanol–water partition coefficient (Wildman–Crippen LogP) is 3.33. The van der Waals surface area contributed by atoms with Crippen LogP contribution in [0.1, 0.15) is 18.4 Å². The number of benzene rings is 2. The molecular weight excluding hydrogens is 420 g/mol. The quantitative estimate of drug-likeness (QED) is 0.547. The highest BCUT2D eigenvalue weighted by molar-refractivity contribution is 5.48. The van der Waals surface area contributed by atoms with Gasteiger partial charge in [0.1, 0.15) is 18.5 Å². The van der Waals surface area contributed by atoms with Crippen molar-refractivity contribution in [1.82, 2.24) is 4.90 Å². The zero-order chi connectivity index (χ0) is 22.9. The molecule has 2 aromatic carbocycles. The highest BCUT2D eigenvalue weighted by atomic mass is 16.7. The Morgan fingerprint density at radius 3 is 2.52 bits per heavy atom. The van der Waals surface area contributed by atoms with E-state index in [2.05, 4.69) is 46.2 Å². The Hall–Kier alpha value is -3.46. The van der Waals surface area contributed by atoms with Crippen LogP contribution in [0.5, 0.6) is 17.2 Å². The number of hydrogen-bond acceptors (Lipinski definition) is 8. The molecule has 1 unspecified atom stereocenters. The molecule has 0 spiro atoms. The van der Waals surface area contributed by atoms with Gasteiger partial charge < -0.3 is 23.8 Å². The van der Waals surface area contributed by atoms with Crippen LogP contribution in [-0.2, 0) is 11.3 Å². The number of nitriles is 2. The van der Waals surface area contributed by atoms with Gasteiger partial charge in [-0.25, -0.2) is 0 Å². The minimum absolute atomic E-state index is 0.00380. The Balaban J connectivity index is 1.28. The Bertz CT molecular complexity index is 981. The van der Waals surface area contributed by atoms with Crippen molar-refractivity contribution < 1.29 is 18.9 Å². The molecule has 33 heavy (non-hydrogen) atoms. The minimum Gasteiger partial charge on any atom is -0.491 e. The van der Waals surface area contributed by atoms with Crippen LogP contribution in [0.25, 0.3) is 0 Å². The normalized spacial score (nSPS) is 17.2. The van der Waals surface area contributed by atoms with Gasteiger partial charge in [0.2, 0.25) is 6.79 Å². The van der Waals surface area contributed by atoms with Gasteiger partial charge in [-0.2, -0.15) is 10.5 Å². The van der Waals surface area contributed by atoms with E-state index in [1.807, 2.05) is 18.2 Å². The zero-order valence-electron chi connectivity index (χ0n) is 18.6. The van der Waals surface area contributed by atoms with E-state index in [0.29, 0.717) is 44.9 Å². The summed E-state index contributed by atoms with van der Waals surface area (Å²) in [7, 11) is 0. The van der Waals surface area contributed by atoms with Gasteiger partial charge in [0, 0.05) is 44.5 Å². The third-order valence-corrected chi connectivity index (χ3v) is 5.70. The number of hydrogen-bond donors (Lipinski definition) is 0. The van der Waals surface area contributed by atoms with Gasteiger partial charge >= 0.3 is 0 Å². The second-order valence-electron chi connectivity index (χ2n) is 8.02. The molecule has 4 rings (SSSR count). The largest absolute Gasteiger partial charge is 0.491 e. The van der Waals surface area contributed by atoms with Gasteiger partial charge in [0.25, 0.3) is 0 Å². The summed E-state index contributed by atoms with van der Waals surface area (Å²) >= 11 is 0. The fourth-order valence-corrected chi connectivity index (χ4v) is 3.99. The lowest BCUT2D eigenvalue weighted by Crippen LogP contribution is -2.44. The van der Waals surface area contributed by atoms with Crippen LogP contribution in [0.3, 0.4) is 0 Å². The monoisotopic (exact) mass is 448 g/mol. The van der Waals surface area contributed by atoms with Crippen molar-refractivity contribution in [3.05, 3.63) is 48.0 Å². The Morgan fingerprint density at radius 2 is 1.76 bits per heavy atom. The number of ether oxygens (including phenoxy) is 4.